The molecule has 0 aromatic carbocycles. The van der Waals surface area contributed by atoms with Crippen LogP contribution >= 0.6 is 0 Å². The summed E-state index contributed by atoms with van der Waals surface area (Å²) in [5.41, 5.74) is 0. The maximum Gasteiger partial charge on any atom is 0.234 e. The van der Waals surface area contributed by atoms with Crippen molar-refractivity contribution in [1.29, 1.82) is 0 Å². The van der Waals surface area contributed by atoms with Gasteiger partial charge in [-0.1, -0.05) is 0 Å². The number of nitrogens with one attached hydrogen (secondary N) is 2. The van der Waals surface area contributed by atoms with E-state index in [4.69, 9.17) is 4.74 Å². The second-order valence-electron chi connectivity index (χ2n) is 4.87. The minimum Gasteiger partial charge on any atom is -0.378 e. The van der Waals surface area contributed by atoms with Crippen molar-refractivity contribution in [3.05, 3.63) is 0 Å². The molecule has 1 amide bonds. The quantitative estimate of drug-likeness (QED) is 0.714. The minimum atomic E-state index is 0.0641. The smallest absolute Gasteiger partial charge is 0.234 e. The van der Waals surface area contributed by atoms with E-state index in [2.05, 4.69) is 17.6 Å². The van der Waals surface area contributed by atoms with E-state index in [0.717, 1.165) is 19.4 Å². The average molecular weight is 228 g/mol. The van der Waals surface area contributed by atoms with Crippen LogP contribution in [0.3, 0.4) is 0 Å². The van der Waals surface area contributed by atoms with Gasteiger partial charge >= 0.3 is 0 Å². The highest BCUT2D eigenvalue weighted by Gasteiger charge is 2.18. The van der Waals surface area contributed by atoms with Crippen molar-refractivity contribution in [3.8, 4) is 0 Å². The van der Waals surface area contributed by atoms with Crippen molar-refractivity contribution >= 4 is 5.91 Å². The summed E-state index contributed by atoms with van der Waals surface area (Å²) in [7, 11) is 0. The van der Waals surface area contributed by atoms with Gasteiger partial charge in [0.25, 0.3) is 0 Å². The van der Waals surface area contributed by atoms with Gasteiger partial charge in [0.15, 0.2) is 0 Å². The molecule has 16 heavy (non-hydrogen) atoms. The maximum absolute atomic E-state index is 11.4. The number of ether oxygens (including phenoxy) is 1. The van der Waals surface area contributed by atoms with E-state index in [1.54, 1.807) is 0 Å². The van der Waals surface area contributed by atoms with Crippen molar-refractivity contribution < 1.29 is 9.53 Å². The molecule has 0 aromatic rings. The molecule has 1 saturated heterocycles. The number of rotatable bonds is 6. The van der Waals surface area contributed by atoms with Crippen LogP contribution in [0.1, 0.15) is 40.0 Å². The van der Waals surface area contributed by atoms with E-state index >= 15 is 0 Å². The summed E-state index contributed by atoms with van der Waals surface area (Å²) in [4.78, 5) is 11.4. The molecule has 4 heteroatoms. The van der Waals surface area contributed by atoms with E-state index in [1.165, 1.54) is 6.42 Å². The van der Waals surface area contributed by atoms with Crippen LogP contribution in [0.5, 0.6) is 0 Å². The van der Waals surface area contributed by atoms with E-state index in [-0.39, 0.29) is 11.9 Å². The molecule has 0 radical (unpaired) electrons. The van der Waals surface area contributed by atoms with Gasteiger partial charge < -0.3 is 15.4 Å². The van der Waals surface area contributed by atoms with Gasteiger partial charge in [-0.05, 0) is 40.0 Å². The molecule has 0 spiro atoms. The Morgan fingerprint density at radius 3 is 2.75 bits per heavy atom. The Bertz CT molecular complexity index is 213. The first kappa shape index (κ1) is 13.5. The lowest BCUT2D eigenvalue weighted by Gasteiger charge is -2.18. The van der Waals surface area contributed by atoms with Crippen LogP contribution in [0, 0.1) is 0 Å². The van der Waals surface area contributed by atoms with Crippen molar-refractivity contribution in [2.75, 3.05) is 13.2 Å². The standard InChI is InChI=1S/C12H24N2O2/c1-9(2)14-12(15)8-13-10(3)7-11-5-4-6-16-11/h9-11,13H,4-8H2,1-3H3,(H,14,15). The molecule has 2 unspecified atom stereocenters. The average Bonchev–Trinajstić information content (AvgIpc) is 2.66. The Kier molecular flexibility index (Phi) is 5.77. The number of hydrogen-bond acceptors (Lipinski definition) is 3. The fourth-order valence-electron chi connectivity index (χ4n) is 1.95. The first-order valence-electron chi connectivity index (χ1n) is 6.22. The predicted molar refractivity (Wildman–Crippen MR) is 64.3 cm³/mol. The van der Waals surface area contributed by atoms with Crippen molar-refractivity contribution in [2.45, 2.75) is 58.2 Å². The third-order valence-corrected chi connectivity index (χ3v) is 2.70. The van der Waals surface area contributed by atoms with Crippen LogP contribution < -0.4 is 10.6 Å². The van der Waals surface area contributed by atoms with Gasteiger partial charge in [-0.2, -0.15) is 0 Å². The summed E-state index contributed by atoms with van der Waals surface area (Å²) in [5, 5.41) is 6.08. The maximum atomic E-state index is 11.4. The van der Waals surface area contributed by atoms with Crippen molar-refractivity contribution in [3.63, 3.8) is 0 Å². The first-order chi connectivity index (χ1) is 7.58. The number of carbonyl (C=O) groups excluding carboxylic acids is 1. The topological polar surface area (TPSA) is 50.4 Å². The third-order valence-electron chi connectivity index (χ3n) is 2.70. The molecule has 2 atom stereocenters. The SMILES string of the molecule is CC(C)NC(=O)CNC(C)CC1CCCO1. The van der Waals surface area contributed by atoms with E-state index in [1.807, 2.05) is 13.8 Å². The van der Waals surface area contributed by atoms with Crippen LogP contribution in [-0.2, 0) is 9.53 Å². The summed E-state index contributed by atoms with van der Waals surface area (Å²) >= 11 is 0. The molecule has 2 N–H and O–H groups in total. The Morgan fingerprint density at radius 2 is 2.19 bits per heavy atom. The van der Waals surface area contributed by atoms with Crippen LogP contribution in [0.2, 0.25) is 0 Å². The lowest BCUT2D eigenvalue weighted by atomic mass is 10.1. The summed E-state index contributed by atoms with van der Waals surface area (Å²) in [5.74, 6) is 0.0641. The predicted octanol–water partition coefficient (Wildman–Crippen LogP) is 1.06. The Hall–Kier alpha value is -0.610. The molecule has 0 aromatic heterocycles. The van der Waals surface area contributed by atoms with Crippen molar-refractivity contribution in [1.82, 2.24) is 10.6 Å². The number of carbonyl (C=O) groups is 1. The molecule has 1 fully saturated rings. The molecule has 0 saturated carbocycles. The van der Waals surface area contributed by atoms with Gasteiger partial charge in [-0.3, -0.25) is 4.79 Å². The zero-order valence-corrected chi connectivity index (χ0v) is 10.6. The summed E-state index contributed by atoms with van der Waals surface area (Å²) in [6, 6.07) is 0.545. The Labute approximate surface area is 98.1 Å². The monoisotopic (exact) mass is 228 g/mol. The molecule has 1 rings (SSSR count). The molecular weight excluding hydrogens is 204 g/mol. The molecular formula is C12H24N2O2. The second kappa shape index (κ2) is 6.86. The zero-order valence-electron chi connectivity index (χ0n) is 10.6. The summed E-state index contributed by atoms with van der Waals surface area (Å²) in [6.45, 7) is 7.32. The van der Waals surface area contributed by atoms with Crippen LogP contribution in [0.15, 0.2) is 0 Å². The zero-order chi connectivity index (χ0) is 12.0. The van der Waals surface area contributed by atoms with Crippen molar-refractivity contribution in [2.24, 2.45) is 0 Å². The molecule has 94 valence electrons. The van der Waals surface area contributed by atoms with Gasteiger partial charge in [0, 0.05) is 18.7 Å². The molecule has 0 bridgehead atoms. The highest BCUT2D eigenvalue weighted by molar-refractivity contribution is 5.78. The van der Waals surface area contributed by atoms with Crippen LogP contribution in [0.25, 0.3) is 0 Å². The normalized spacial score (nSPS) is 22.4. The van der Waals surface area contributed by atoms with Gasteiger partial charge in [-0.15, -0.1) is 0 Å². The van der Waals surface area contributed by atoms with Gasteiger partial charge in [0.05, 0.1) is 12.6 Å². The largest absolute Gasteiger partial charge is 0.378 e. The van der Waals surface area contributed by atoms with Gasteiger partial charge in [0.1, 0.15) is 0 Å². The lowest BCUT2D eigenvalue weighted by Crippen LogP contribution is -2.41. The highest BCUT2D eigenvalue weighted by Crippen LogP contribution is 2.16. The Balaban J connectivity index is 2.09. The van der Waals surface area contributed by atoms with Crippen LogP contribution in [-0.4, -0.2) is 37.2 Å². The molecule has 0 aliphatic carbocycles. The third kappa shape index (κ3) is 5.47. The number of hydrogen-bond donors (Lipinski definition) is 2. The van der Waals surface area contributed by atoms with Gasteiger partial charge in [0.2, 0.25) is 5.91 Å². The first-order valence-corrected chi connectivity index (χ1v) is 6.22. The molecule has 1 heterocycles. The lowest BCUT2D eigenvalue weighted by molar-refractivity contribution is -0.120. The summed E-state index contributed by atoms with van der Waals surface area (Å²) in [6.07, 6.45) is 3.71. The van der Waals surface area contributed by atoms with E-state index in [0.29, 0.717) is 18.7 Å². The molecule has 1 aliphatic rings. The minimum absolute atomic E-state index is 0.0641. The van der Waals surface area contributed by atoms with E-state index < -0.39 is 0 Å². The van der Waals surface area contributed by atoms with Crippen LogP contribution in [0.4, 0.5) is 0 Å². The Morgan fingerprint density at radius 1 is 1.44 bits per heavy atom. The highest BCUT2D eigenvalue weighted by atomic mass is 16.5. The number of amides is 1. The second-order valence-corrected chi connectivity index (χ2v) is 4.87. The summed E-state index contributed by atoms with van der Waals surface area (Å²) < 4.78 is 5.55. The van der Waals surface area contributed by atoms with Gasteiger partial charge in [-0.25, -0.2) is 0 Å². The fourth-order valence-corrected chi connectivity index (χ4v) is 1.95. The van der Waals surface area contributed by atoms with E-state index in [9.17, 15) is 4.79 Å². The molecule has 1 aliphatic heterocycles. The fraction of sp³-hybridized carbons (Fsp3) is 0.917. The molecule has 4 nitrogen and oxygen atoms in total.